The first-order valence-electron chi connectivity index (χ1n) is 3.37. The molecule has 0 aliphatic rings. The van der Waals surface area contributed by atoms with Crippen molar-refractivity contribution in [3.63, 3.8) is 0 Å². The Morgan fingerprint density at radius 2 is 1.83 bits per heavy atom. The predicted octanol–water partition coefficient (Wildman–Crippen LogP) is 2.70. The highest BCUT2D eigenvalue weighted by Crippen LogP contribution is 2.15. The molecule has 0 aliphatic carbocycles. The maximum Gasteiger partial charge on any atom is 0.509 e. The van der Waals surface area contributed by atoms with Gasteiger partial charge in [-0.15, -0.1) is 5.46 Å². The third-order valence-corrected chi connectivity index (χ3v) is 1.82. The fourth-order valence-electron chi connectivity index (χ4n) is 1.01. The van der Waals surface area contributed by atoms with E-state index in [-0.39, 0.29) is 5.56 Å². The quantitative estimate of drug-likeness (QED) is 0.602. The van der Waals surface area contributed by atoms with Gasteiger partial charge >= 0.3 is 6.98 Å². The lowest BCUT2D eigenvalue weighted by molar-refractivity contribution is 0.500. The molecule has 0 atom stereocenters. The van der Waals surface area contributed by atoms with Gasteiger partial charge < -0.3 is 12.9 Å². The van der Waals surface area contributed by atoms with Crippen molar-refractivity contribution in [3.05, 3.63) is 28.8 Å². The molecule has 0 fully saturated rings. The third kappa shape index (κ3) is 1.94. The lowest BCUT2D eigenvalue weighted by Gasteiger charge is -2.17. The molecule has 0 N–H and O–H groups in total. The third-order valence-electron chi connectivity index (χ3n) is 1.58. The Balaban J connectivity index is 3.19. The zero-order chi connectivity index (χ0) is 9.35. The number of hydrogen-bond donors (Lipinski definition) is 0. The second kappa shape index (κ2) is 3.01. The molecule has 0 saturated carbocycles. The number of aryl methyl sites for hydroxylation is 1. The first-order valence-corrected chi connectivity index (χ1v) is 3.75. The molecule has 0 unspecified atom stereocenters. The molecule has 0 nitrogen and oxygen atoms in total. The van der Waals surface area contributed by atoms with Gasteiger partial charge in [-0.2, -0.15) is 0 Å². The van der Waals surface area contributed by atoms with Crippen molar-refractivity contribution in [1.82, 2.24) is 0 Å². The summed E-state index contributed by atoms with van der Waals surface area (Å²) in [4.78, 5) is 0. The lowest BCUT2D eigenvalue weighted by atomic mass is 9.77. The van der Waals surface area contributed by atoms with E-state index in [1.807, 2.05) is 0 Å². The summed E-state index contributed by atoms with van der Waals surface area (Å²) < 4.78 is 36.6. The molecule has 5 heteroatoms. The van der Waals surface area contributed by atoms with Crippen LogP contribution >= 0.6 is 11.6 Å². The van der Waals surface area contributed by atoms with E-state index in [1.165, 1.54) is 19.1 Å². The minimum Gasteiger partial charge on any atom is -0.445 e. The first-order chi connectivity index (χ1) is 5.41. The fourth-order valence-corrected chi connectivity index (χ4v) is 1.23. The Morgan fingerprint density at radius 1 is 1.25 bits per heavy atom. The van der Waals surface area contributed by atoms with E-state index >= 15 is 0 Å². The van der Waals surface area contributed by atoms with Gasteiger partial charge in [-0.1, -0.05) is 23.2 Å². The van der Waals surface area contributed by atoms with Crippen LogP contribution in [0.4, 0.5) is 12.9 Å². The summed E-state index contributed by atoms with van der Waals surface area (Å²) in [6, 6.07) is 3.57. The molecule has 0 aromatic heterocycles. The Morgan fingerprint density at radius 3 is 2.25 bits per heavy atom. The molecule has 0 heterocycles. The minimum absolute atomic E-state index is 0.176. The topological polar surface area (TPSA) is 0 Å². The molecule has 0 saturated heterocycles. The van der Waals surface area contributed by atoms with Gasteiger partial charge in [-0.25, -0.2) is 0 Å². The van der Waals surface area contributed by atoms with Gasteiger partial charge in [0.25, 0.3) is 0 Å². The van der Waals surface area contributed by atoms with Gasteiger partial charge in [-0.05, 0) is 19.1 Å². The Hall–Kier alpha value is -0.635. The summed E-state index contributed by atoms with van der Waals surface area (Å²) in [5, 5.41) is 0.330. The van der Waals surface area contributed by atoms with E-state index in [0.717, 1.165) is 6.07 Å². The second-order valence-electron chi connectivity index (χ2n) is 2.58. The van der Waals surface area contributed by atoms with Crippen molar-refractivity contribution < 1.29 is 12.9 Å². The van der Waals surface area contributed by atoms with E-state index < -0.39 is 12.4 Å². The van der Waals surface area contributed by atoms with Crippen LogP contribution in [0.2, 0.25) is 5.02 Å². The summed E-state index contributed by atoms with van der Waals surface area (Å²) in [5.41, 5.74) is -0.394. The highest BCUT2D eigenvalue weighted by atomic mass is 35.5. The molecule has 0 aliphatic heterocycles. The molecule has 1 rings (SSSR count). The number of rotatable bonds is 1. The maximum atomic E-state index is 12.2. The summed E-state index contributed by atoms with van der Waals surface area (Å²) in [7, 11) is 0. The molecule has 0 radical (unpaired) electrons. The van der Waals surface area contributed by atoms with E-state index in [1.54, 1.807) is 0 Å². The van der Waals surface area contributed by atoms with Crippen LogP contribution in [-0.2, 0) is 0 Å². The lowest BCUT2D eigenvalue weighted by Crippen LogP contribution is -2.35. The highest BCUT2D eigenvalue weighted by Gasteiger charge is 2.26. The average molecular weight is 193 g/mol. The summed E-state index contributed by atoms with van der Waals surface area (Å²) in [6.45, 7) is -3.50. The van der Waals surface area contributed by atoms with Crippen LogP contribution in [0.5, 0.6) is 0 Å². The molecule has 0 spiro atoms. The largest absolute Gasteiger partial charge is 0.509 e. The molecule has 0 bridgehead atoms. The SMILES string of the molecule is Cc1cc(Cl)ccc1[B-](F)(F)F. The van der Waals surface area contributed by atoms with E-state index in [9.17, 15) is 12.9 Å². The summed E-state index contributed by atoms with van der Waals surface area (Å²) in [6.07, 6.45) is 0. The van der Waals surface area contributed by atoms with Crippen LogP contribution in [0, 0.1) is 6.92 Å². The standard InChI is InChI=1S/C7H6BClF3/c1-5-4-6(9)2-3-7(5)8(10,11)12/h2-4H,1H3/q-1. The van der Waals surface area contributed by atoms with Crippen molar-refractivity contribution in [2.75, 3.05) is 0 Å². The van der Waals surface area contributed by atoms with Crippen LogP contribution in [0.15, 0.2) is 18.2 Å². The Labute approximate surface area is 73.4 Å². The van der Waals surface area contributed by atoms with Crippen molar-refractivity contribution in [1.29, 1.82) is 0 Å². The smallest absolute Gasteiger partial charge is 0.445 e. The fraction of sp³-hybridized carbons (Fsp3) is 0.143. The van der Waals surface area contributed by atoms with Gasteiger partial charge in [0.15, 0.2) is 0 Å². The van der Waals surface area contributed by atoms with Crippen LogP contribution < -0.4 is 5.46 Å². The maximum absolute atomic E-state index is 12.2. The van der Waals surface area contributed by atoms with Gasteiger partial charge in [0.2, 0.25) is 0 Å². The Bertz CT molecular complexity index is 295. The van der Waals surface area contributed by atoms with E-state index in [4.69, 9.17) is 11.6 Å². The van der Waals surface area contributed by atoms with Crippen molar-refractivity contribution in [2.24, 2.45) is 0 Å². The molecule has 66 valence electrons. The molecule has 0 amide bonds. The normalized spacial score (nSPS) is 11.8. The van der Waals surface area contributed by atoms with Crippen LogP contribution in [0.3, 0.4) is 0 Å². The molecular weight excluding hydrogens is 187 g/mol. The Kier molecular flexibility index (Phi) is 2.37. The van der Waals surface area contributed by atoms with Gasteiger partial charge in [-0.3, -0.25) is 0 Å². The zero-order valence-electron chi connectivity index (χ0n) is 6.32. The van der Waals surface area contributed by atoms with Gasteiger partial charge in [0.1, 0.15) is 0 Å². The predicted molar refractivity (Wildman–Crippen MR) is 44.9 cm³/mol. The van der Waals surface area contributed by atoms with Crippen LogP contribution in [0.25, 0.3) is 0 Å². The van der Waals surface area contributed by atoms with Gasteiger partial charge in [0, 0.05) is 5.02 Å². The second-order valence-corrected chi connectivity index (χ2v) is 3.01. The van der Waals surface area contributed by atoms with Crippen molar-refractivity contribution >= 4 is 24.0 Å². The van der Waals surface area contributed by atoms with Crippen molar-refractivity contribution in [3.8, 4) is 0 Å². The minimum atomic E-state index is -4.90. The van der Waals surface area contributed by atoms with E-state index in [2.05, 4.69) is 0 Å². The monoisotopic (exact) mass is 193 g/mol. The molecule has 12 heavy (non-hydrogen) atoms. The van der Waals surface area contributed by atoms with Gasteiger partial charge in [0.05, 0.1) is 0 Å². The molecule has 1 aromatic carbocycles. The highest BCUT2D eigenvalue weighted by molar-refractivity contribution is 6.74. The van der Waals surface area contributed by atoms with Crippen LogP contribution in [0.1, 0.15) is 5.56 Å². The molecular formula is C7H6BClF3-. The number of benzene rings is 1. The van der Waals surface area contributed by atoms with Crippen molar-refractivity contribution in [2.45, 2.75) is 6.92 Å². The summed E-state index contributed by atoms with van der Waals surface area (Å²) >= 11 is 5.51. The molecule has 1 aromatic rings. The number of hydrogen-bond acceptors (Lipinski definition) is 0. The first kappa shape index (κ1) is 9.45. The summed E-state index contributed by atoms with van der Waals surface area (Å²) in [5.74, 6) is 0. The number of halogens is 4. The zero-order valence-corrected chi connectivity index (χ0v) is 7.08. The van der Waals surface area contributed by atoms with Crippen LogP contribution in [-0.4, -0.2) is 6.98 Å². The average Bonchev–Trinajstić information content (AvgIpc) is 1.83. The van der Waals surface area contributed by atoms with E-state index in [0.29, 0.717) is 5.02 Å².